The number of rotatable bonds is 4. The molecule has 0 aromatic heterocycles. The molecule has 0 fully saturated rings. The van der Waals surface area contributed by atoms with E-state index < -0.39 is 0 Å². The maximum atomic E-state index is 5.57. The summed E-state index contributed by atoms with van der Waals surface area (Å²) in [5, 5.41) is 3.62. The predicted molar refractivity (Wildman–Crippen MR) is 98.0 cm³/mol. The molecule has 0 aliphatic carbocycles. The third kappa shape index (κ3) is 2.93. The van der Waals surface area contributed by atoms with Crippen molar-refractivity contribution in [2.45, 2.75) is 18.9 Å². The standard InChI is InChI=1S/C19H20BrNO4/c1-22-16-8-11-5-6-21-14(13(11)9-17(16)23-2)7-12-3-4-15-19(18(12)20)25-10-24-15/h3-4,8-9,14,21H,5-7,10H2,1-2H3. The van der Waals surface area contributed by atoms with Crippen LogP contribution in [0.1, 0.15) is 22.7 Å². The van der Waals surface area contributed by atoms with Crippen molar-refractivity contribution in [1.29, 1.82) is 0 Å². The highest BCUT2D eigenvalue weighted by molar-refractivity contribution is 9.10. The highest BCUT2D eigenvalue weighted by atomic mass is 79.9. The van der Waals surface area contributed by atoms with Gasteiger partial charge in [-0.05, 0) is 70.2 Å². The van der Waals surface area contributed by atoms with E-state index in [1.165, 1.54) is 16.7 Å². The lowest BCUT2D eigenvalue weighted by Gasteiger charge is -2.28. The van der Waals surface area contributed by atoms with Gasteiger partial charge < -0.3 is 24.3 Å². The smallest absolute Gasteiger partial charge is 0.231 e. The second kappa shape index (κ2) is 6.77. The molecule has 2 aromatic rings. The average molecular weight is 406 g/mol. The largest absolute Gasteiger partial charge is 0.493 e. The van der Waals surface area contributed by atoms with Crippen molar-refractivity contribution in [2.75, 3.05) is 27.6 Å². The summed E-state index contributed by atoms with van der Waals surface area (Å²) < 4.78 is 22.9. The molecule has 25 heavy (non-hydrogen) atoms. The van der Waals surface area contributed by atoms with Crippen LogP contribution in [0.3, 0.4) is 0 Å². The van der Waals surface area contributed by atoms with Gasteiger partial charge in [-0.15, -0.1) is 0 Å². The van der Waals surface area contributed by atoms with Gasteiger partial charge in [-0.3, -0.25) is 0 Å². The fraction of sp³-hybridized carbons (Fsp3) is 0.368. The zero-order valence-electron chi connectivity index (χ0n) is 14.2. The molecule has 1 atom stereocenters. The summed E-state index contributed by atoms with van der Waals surface area (Å²) in [6.45, 7) is 1.22. The van der Waals surface area contributed by atoms with Crippen LogP contribution in [0.25, 0.3) is 0 Å². The second-order valence-electron chi connectivity index (χ2n) is 6.14. The minimum Gasteiger partial charge on any atom is -0.493 e. The Morgan fingerprint density at radius 2 is 1.96 bits per heavy atom. The summed E-state index contributed by atoms with van der Waals surface area (Å²) >= 11 is 3.67. The molecule has 0 radical (unpaired) electrons. The van der Waals surface area contributed by atoms with Gasteiger partial charge in [-0.2, -0.15) is 0 Å². The Labute approximate surface area is 155 Å². The van der Waals surface area contributed by atoms with Crippen LogP contribution < -0.4 is 24.3 Å². The SMILES string of the molecule is COc1cc2c(cc1OC)C(Cc1ccc3c(c1Br)OCO3)NCC2. The van der Waals surface area contributed by atoms with Crippen LogP contribution in [0, 0.1) is 0 Å². The third-order valence-electron chi connectivity index (χ3n) is 4.79. The Kier molecular flexibility index (Phi) is 4.48. The Hall–Kier alpha value is -1.92. The normalized spacial score (nSPS) is 18.0. The molecule has 2 heterocycles. The van der Waals surface area contributed by atoms with Gasteiger partial charge in [0.25, 0.3) is 0 Å². The minimum atomic E-state index is 0.209. The number of halogens is 1. The fourth-order valence-electron chi connectivity index (χ4n) is 3.51. The second-order valence-corrected chi connectivity index (χ2v) is 6.93. The van der Waals surface area contributed by atoms with Crippen LogP contribution in [-0.2, 0) is 12.8 Å². The first-order valence-corrected chi connectivity index (χ1v) is 9.05. The molecule has 0 saturated carbocycles. The maximum Gasteiger partial charge on any atom is 0.231 e. The molecular formula is C19H20BrNO4. The Morgan fingerprint density at radius 3 is 2.76 bits per heavy atom. The number of benzene rings is 2. The lowest BCUT2D eigenvalue weighted by atomic mass is 9.89. The molecule has 6 heteroatoms. The fourth-order valence-corrected chi connectivity index (χ4v) is 4.11. The molecule has 2 aromatic carbocycles. The Balaban J connectivity index is 1.68. The highest BCUT2D eigenvalue weighted by Gasteiger charge is 2.25. The number of methoxy groups -OCH3 is 2. The number of fused-ring (bicyclic) bond motifs is 2. The molecule has 1 unspecified atom stereocenters. The molecule has 0 saturated heterocycles. The van der Waals surface area contributed by atoms with Crippen molar-refractivity contribution in [3.63, 3.8) is 0 Å². The summed E-state index contributed by atoms with van der Waals surface area (Å²) in [5.74, 6) is 3.13. The molecular weight excluding hydrogens is 386 g/mol. The van der Waals surface area contributed by atoms with E-state index in [-0.39, 0.29) is 12.8 Å². The first-order valence-electron chi connectivity index (χ1n) is 8.26. The number of hydrogen-bond donors (Lipinski definition) is 1. The summed E-state index contributed by atoms with van der Waals surface area (Å²) in [5.41, 5.74) is 3.75. The highest BCUT2D eigenvalue weighted by Crippen LogP contribution is 2.43. The van der Waals surface area contributed by atoms with Crippen LogP contribution in [0.2, 0.25) is 0 Å². The van der Waals surface area contributed by atoms with Crippen molar-refractivity contribution in [2.24, 2.45) is 0 Å². The Bertz CT molecular complexity index is 808. The van der Waals surface area contributed by atoms with Gasteiger partial charge in [0.2, 0.25) is 6.79 Å². The van der Waals surface area contributed by atoms with Gasteiger partial charge >= 0.3 is 0 Å². The van der Waals surface area contributed by atoms with Gasteiger partial charge in [-0.1, -0.05) is 6.07 Å². The van der Waals surface area contributed by atoms with Crippen molar-refractivity contribution in [3.05, 3.63) is 45.4 Å². The third-order valence-corrected chi connectivity index (χ3v) is 5.66. The molecule has 132 valence electrons. The van der Waals surface area contributed by atoms with Crippen molar-refractivity contribution >= 4 is 15.9 Å². The van der Waals surface area contributed by atoms with Gasteiger partial charge in [0.1, 0.15) is 0 Å². The van der Waals surface area contributed by atoms with Crippen LogP contribution in [0.15, 0.2) is 28.7 Å². The van der Waals surface area contributed by atoms with E-state index in [2.05, 4.69) is 39.4 Å². The summed E-state index contributed by atoms with van der Waals surface area (Å²) in [4.78, 5) is 0. The zero-order valence-corrected chi connectivity index (χ0v) is 15.8. The van der Waals surface area contributed by atoms with E-state index in [9.17, 15) is 0 Å². The molecule has 4 rings (SSSR count). The summed E-state index contributed by atoms with van der Waals surface area (Å²) in [7, 11) is 3.34. The van der Waals surface area contributed by atoms with Crippen molar-refractivity contribution < 1.29 is 18.9 Å². The van der Waals surface area contributed by atoms with E-state index in [0.29, 0.717) is 0 Å². The zero-order chi connectivity index (χ0) is 17.4. The van der Waals surface area contributed by atoms with Crippen molar-refractivity contribution in [3.8, 4) is 23.0 Å². The first kappa shape index (κ1) is 16.5. The van der Waals surface area contributed by atoms with E-state index in [0.717, 1.165) is 46.9 Å². The molecule has 0 bridgehead atoms. The van der Waals surface area contributed by atoms with E-state index in [1.807, 2.05) is 6.07 Å². The van der Waals surface area contributed by atoms with E-state index >= 15 is 0 Å². The van der Waals surface area contributed by atoms with Crippen LogP contribution in [-0.4, -0.2) is 27.6 Å². The average Bonchev–Trinajstić information content (AvgIpc) is 3.12. The van der Waals surface area contributed by atoms with Crippen LogP contribution >= 0.6 is 15.9 Å². The predicted octanol–water partition coefficient (Wildman–Crippen LogP) is 3.62. The van der Waals surface area contributed by atoms with Gasteiger partial charge in [0, 0.05) is 6.04 Å². The van der Waals surface area contributed by atoms with E-state index in [1.54, 1.807) is 14.2 Å². The van der Waals surface area contributed by atoms with Gasteiger partial charge in [-0.25, -0.2) is 0 Å². The summed E-state index contributed by atoms with van der Waals surface area (Å²) in [6.07, 6.45) is 1.83. The first-order chi connectivity index (χ1) is 12.2. The molecule has 1 N–H and O–H groups in total. The molecule has 2 aliphatic rings. The molecule has 0 spiro atoms. The Morgan fingerprint density at radius 1 is 1.16 bits per heavy atom. The topological polar surface area (TPSA) is 49.0 Å². The number of ether oxygens (including phenoxy) is 4. The monoisotopic (exact) mass is 405 g/mol. The lowest BCUT2D eigenvalue weighted by Crippen LogP contribution is -2.31. The van der Waals surface area contributed by atoms with Crippen LogP contribution in [0.5, 0.6) is 23.0 Å². The molecule has 0 amide bonds. The molecule has 5 nitrogen and oxygen atoms in total. The van der Waals surface area contributed by atoms with E-state index in [4.69, 9.17) is 18.9 Å². The number of hydrogen-bond acceptors (Lipinski definition) is 5. The lowest BCUT2D eigenvalue weighted by molar-refractivity contribution is 0.173. The van der Waals surface area contributed by atoms with Gasteiger partial charge in [0.05, 0.1) is 18.7 Å². The minimum absolute atomic E-state index is 0.209. The van der Waals surface area contributed by atoms with Gasteiger partial charge in [0.15, 0.2) is 23.0 Å². The summed E-state index contributed by atoms with van der Waals surface area (Å²) in [6, 6.07) is 8.46. The maximum absolute atomic E-state index is 5.57. The van der Waals surface area contributed by atoms with Crippen LogP contribution in [0.4, 0.5) is 0 Å². The number of nitrogens with one attached hydrogen (secondary N) is 1. The quantitative estimate of drug-likeness (QED) is 0.841. The molecule has 2 aliphatic heterocycles. The van der Waals surface area contributed by atoms with Crippen molar-refractivity contribution in [1.82, 2.24) is 5.32 Å².